The number of piperidine rings is 1. The zero-order chi connectivity index (χ0) is 22.4. The summed E-state index contributed by atoms with van der Waals surface area (Å²) >= 11 is 12.0. The van der Waals surface area contributed by atoms with Crippen LogP contribution in [-0.4, -0.2) is 72.3 Å². The lowest BCUT2D eigenvalue weighted by molar-refractivity contribution is 0.148. The number of aromatic amines is 1. The number of halogens is 2. The molecule has 2 heterocycles. The molecule has 0 atom stereocenters. The van der Waals surface area contributed by atoms with Crippen molar-refractivity contribution in [3.63, 3.8) is 0 Å². The van der Waals surface area contributed by atoms with Gasteiger partial charge in [0.15, 0.2) is 0 Å². The van der Waals surface area contributed by atoms with Gasteiger partial charge in [-0.25, -0.2) is 4.98 Å². The maximum absolute atomic E-state index is 12.6. The topological polar surface area (TPSA) is 100 Å². The molecule has 3 rings (SSSR count). The number of H-pyrrole nitrogens is 1. The fourth-order valence-corrected chi connectivity index (χ4v) is 4.00. The van der Waals surface area contributed by atoms with E-state index < -0.39 is 0 Å². The predicted molar refractivity (Wildman–Crippen MR) is 128 cm³/mol. The van der Waals surface area contributed by atoms with E-state index in [9.17, 15) is 4.79 Å². The highest BCUT2D eigenvalue weighted by Crippen LogP contribution is 2.23. The third-order valence-corrected chi connectivity index (χ3v) is 6.28. The van der Waals surface area contributed by atoms with Gasteiger partial charge in [0.05, 0.1) is 10.0 Å². The molecule has 1 aliphatic rings. The second kappa shape index (κ2) is 10.9. The molecule has 8 nitrogen and oxygen atoms in total. The standard InChI is InChI=1S/C21H29Cl2N7O/c1-29(2)15-5-8-30(9-6-15)10-7-25-19-18(12-24)27-21(28-20(19)31)26-13-14-3-4-16(22)17(23)11-14/h3-4,11-12,15,24-25H,5-10,13H2,1-2H3,(H2,26,27,28,31). The highest BCUT2D eigenvalue weighted by molar-refractivity contribution is 6.42. The van der Waals surface area contributed by atoms with E-state index in [4.69, 9.17) is 28.6 Å². The van der Waals surface area contributed by atoms with Crippen molar-refractivity contribution in [1.82, 2.24) is 19.8 Å². The summed E-state index contributed by atoms with van der Waals surface area (Å²) < 4.78 is 0. The lowest BCUT2D eigenvalue weighted by Gasteiger charge is -2.35. The first-order chi connectivity index (χ1) is 14.9. The molecule has 1 aromatic carbocycles. The van der Waals surface area contributed by atoms with Gasteiger partial charge in [0.2, 0.25) is 5.95 Å². The first-order valence-corrected chi connectivity index (χ1v) is 11.1. The Morgan fingerprint density at radius 2 is 2.00 bits per heavy atom. The van der Waals surface area contributed by atoms with Crippen molar-refractivity contribution >= 4 is 41.1 Å². The van der Waals surface area contributed by atoms with E-state index in [1.54, 1.807) is 12.1 Å². The Morgan fingerprint density at radius 3 is 2.65 bits per heavy atom. The van der Waals surface area contributed by atoms with E-state index in [0.29, 0.717) is 46.5 Å². The van der Waals surface area contributed by atoms with Gasteiger partial charge in [-0.2, -0.15) is 0 Å². The smallest absolute Gasteiger partial charge is 0.276 e. The van der Waals surface area contributed by atoms with Gasteiger partial charge >= 0.3 is 0 Å². The first-order valence-electron chi connectivity index (χ1n) is 10.3. The first kappa shape index (κ1) is 23.5. The fourth-order valence-electron chi connectivity index (χ4n) is 3.68. The molecule has 0 amide bonds. The predicted octanol–water partition coefficient (Wildman–Crippen LogP) is 3.12. The van der Waals surface area contributed by atoms with Crippen LogP contribution in [0.2, 0.25) is 10.0 Å². The van der Waals surface area contributed by atoms with Crippen molar-refractivity contribution in [1.29, 1.82) is 5.41 Å². The summed E-state index contributed by atoms with van der Waals surface area (Å²) in [6.07, 6.45) is 3.39. The summed E-state index contributed by atoms with van der Waals surface area (Å²) in [6, 6.07) is 5.96. The number of hydrogen-bond acceptors (Lipinski definition) is 7. The average Bonchev–Trinajstić information content (AvgIpc) is 2.76. The van der Waals surface area contributed by atoms with Crippen molar-refractivity contribution < 1.29 is 0 Å². The highest BCUT2D eigenvalue weighted by atomic mass is 35.5. The molecular formula is C21H29Cl2N7O. The molecule has 10 heteroatoms. The van der Waals surface area contributed by atoms with Crippen LogP contribution >= 0.6 is 23.2 Å². The van der Waals surface area contributed by atoms with Gasteiger partial charge in [-0.05, 0) is 57.7 Å². The molecule has 0 radical (unpaired) electrons. The van der Waals surface area contributed by atoms with E-state index in [-0.39, 0.29) is 5.56 Å². The number of nitrogens with one attached hydrogen (secondary N) is 4. The van der Waals surface area contributed by atoms with Crippen LogP contribution in [0.5, 0.6) is 0 Å². The van der Waals surface area contributed by atoms with Crippen molar-refractivity contribution in [3.05, 3.63) is 49.9 Å². The number of hydrogen-bond donors (Lipinski definition) is 4. The molecule has 0 bridgehead atoms. The monoisotopic (exact) mass is 465 g/mol. The van der Waals surface area contributed by atoms with Gasteiger partial charge in [-0.15, -0.1) is 0 Å². The number of likely N-dealkylation sites (tertiary alicyclic amines) is 1. The number of aromatic nitrogens is 2. The van der Waals surface area contributed by atoms with E-state index in [1.807, 2.05) is 6.07 Å². The zero-order valence-electron chi connectivity index (χ0n) is 17.8. The molecule has 0 aliphatic carbocycles. The van der Waals surface area contributed by atoms with Gasteiger partial charge in [0.1, 0.15) is 11.4 Å². The van der Waals surface area contributed by atoms with Gasteiger partial charge < -0.3 is 25.8 Å². The third-order valence-electron chi connectivity index (χ3n) is 5.55. The normalized spacial score (nSPS) is 15.3. The lowest BCUT2D eigenvalue weighted by Crippen LogP contribution is -2.43. The molecule has 1 saturated heterocycles. The van der Waals surface area contributed by atoms with Crippen LogP contribution in [0.25, 0.3) is 0 Å². The van der Waals surface area contributed by atoms with Gasteiger partial charge in [0.25, 0.3) is 5.56 Å². The van der Waals surface area contributed by atoms with E-state index in [1.165, 1.54) is 0 Å². The largest absolute Gasteiger partial charge is 0.377 e. The van der Waals surface area contributed by atoms with Crippen LogP contribution in [0.1, 0.15) is 24.1 Å². The molecule has 0 unspecified atom stereocenters. The summed E-state index contributed by atoms with van der Waals surface area (Å²) in [5.41, 5.74) is 1.20. The maximum Gasteiger partial charge on any atom is 0.276 e. The van der Waals surface area contributed by atoms with Crippen molar-refractivity contribution in [2.75, 3.05) is 50.9 Å². The molecule has 31 heavy (non-hydrogen) atoms. The highest BCUT2D eigenvalue weighted by Gasteiger charge is 2.20. The number of anilines is 2. The van der Waals surface area contributed by atoms with E-state index >= 15 is 0 Å². The summed E-state index contributed by atoms with van der Waals surface area (Å²) in [7, 11) is 4.26. The number of benzene rings is 1. The molecule has 2 aromatic rings. The molecule has 1 aliphatic heterocycles. The lowest BCUT2D eigenvalue weighted by atomic mass is 10.0. The maximum atomic E-state index is 12.6. The minimum absolute atomic E-state index is 0.297. The average molecular weight is 466 g/mol. The van der Waals surface area contributed by atoms with Crippen molar-refractivity contribution in [3.8, 4) is 0 Å². The summed E-state index contributed by atoms with van der Waals surface area (Å²) in [5, 5.41) is 14.8. The second-order valence-corrected chi connectivity index (χ2v) is 8.70. The molecule has 4 N–H and O–H groups in total. The Kier molecular flexibility index (Phi) is 8.31. The third kappa shape index (κ3) is 6.43. The Labute approximate surface area is 192 Å². The van der Waals surface area contributed by atoms with Crippen LogP contribution < -0.4 is 16.2 Å². The summed E-state index contributed by atoms with van der Waals surface area (Å²) in [5.74, 6) is 0.297. The van der Waals surface area contributed by atoms with Crippen LogP contribution in [0, 0.1) is 5.41 Å². The molecule has 168 valence electrons. The SMILES string of the molecule is CN(C)C1CCN(CCNc2c(C=N)nc(NCc3ccc(Cl)c(Cl)c3)[nH]c2=O)CC1. The second-order valence-electron chi connectivity index (χ2n) is 7.88. The Bertz CT molecular complexity index is 955. The molecular weight excluding hydrogens is 437 g/mol. The minimum Gasteiger partial charge on any atom is -0.377 e. The Hall–Kier alpha value is -2.13. The molecule has 0 spiro atoms. The van der Waals surface area contributed by atoms with E-state index in [0.717, 1.165) is 44.3 Å². The number of rotatable bonds is 9. The summed E-state index contributed by atoms with van der Waals surface area (Å²) in [4.78, 5) is 24.3. The van der Waals surface area contributed by atoms with Crippen LogP contribution in [0.3, 0.4) is 0 Å². The van der Waals surface area contributed by atoms with Crippen LogP contribution in [-0.2, 0) is 6.54 Å². The number of nitrogens with zero attached hydrogens (tertiary/aromatic N) is 3. The Morgan fingerprint density at radius 1 is 1.26 bits per heavy atom. The van der Waals surface area contributed by atoms with Crippen LogP contribution in [0.15, 0.2) is 23.0 Å². The van der Waals surface area contributed by atoms with Crippen molar-refractivity contribution in [2.24, 2.45) is 0 Å². The summed E-state index contributed by atoms with van der Waals surface area (Å²) in [6.45, 7) is 3.97. The quantitative estimate of drug-likeness (QED) is 0.424. The van der Waals surface area contributed by atoms with Gasteiger partial charge in [-0.1, -0.05) is 29.3 Å². The van der Waals surface area contributed by atoms with E-state index in [2.05, 4.69) is 44.5 Å². The van der Waals surface area contributed by atoms with Crippen molar-refractivity contribution in [2.45, 2.75) is 25.4 Å². The van der Waals surface area contributed by atoms with Crippen LogP contribution in [0.4, 0.5) is 11.6 Å². The minimum atomic E-state index is -0.309. The Balaban J connectivity index is 1.56. The molecule has 1 fully saturated rings. The molecule has 1 aromatic heterocycles. The molecule has 0 saturated carbocycles. The zero-order valence-corrected chi connectivity index (χ0v) is 19.4. The van der Waals surface area contributed by atoms with Gasteiger partial charge in [-0.3, -0.25) is 9.78 Å². The van der Waals surface area contributed by atoms with Gasteiger partial charge in [0, 0.05) is 31.9 Å². The fraction of sp³-hybridized carbons (Fsp3) is 0.476.